The second-order valence-electron chi connectivity index (χ2n) is 10.0. The standard InChI is InChI=1S/C26H41N7O5/c1-16(2)14-20(32-22(34)18(27)15-17-8-4-3-5-9-17)24(36)33-13-7-11-21(33)23(35)31-19(25(37)38)10-6-12-30-26(28)29/h3-5,8-9,16,18-21H,6-7,10-15,27H2,1-2H3,(H,31,35)(H,32,34)(H,37,38)(H4,28,29,30)/t18-,19-,20-,21-/m0/s1. The quantitative estimate of drug-likeness (QED) is 0.106. The molecule has 1 saturated heterocycles. The van der Waals surface area contributed by atoms with Gasteiger partial charge in [-0.1, -0.05) is 44.2 Å². The van der Waals surface area contributed by atoms with E-state index in [0.29, 0.717) is 38.6 Å². The molecule has 0 spiro atoms. The fraction of sp³-hybridized carbons (Fsp3) is 0.577. The van der Waals surface area contributed by atoms with Crippen LogP contribution < -0.4 is 27.8 Å². The van der Waals surface area contributed by atoms with Crippen molar-refractivity contribution >= 4 is 29.7 Å². The van der Waals surface area contributed by atoms with Gasteiger partial charge in [0.05, 0.1) is 6.04 Å². The maximum absolute atomic E-state index is 13.5. The average molecular weight is 532 g/mol. The number of rotatable bonds is 14. The van der Waals surface area contributed by atoms with Crippen molar-refractivity contribution in [2.75, 3.05) is 13.1 Å². The van der Waals surface area contributed by atoms with E-state index in [1.807, 2.05) is 44.2 Å². The van der Waals surface area contributed by atoms with Crippen molar-refractivity contribution in [1.29, 1.82) is 0 Å². The Balaban J connectivity index is 2.06. The minimum Gasteiger partial charge on any atom is -0.480 e. The van der Waals surface area contributed by atoms with Crippen LogP contribution in [0.1, 0.15) is 51.5 Å². The molecule has 1 aliphatic rings. The SMILES string of the molecule is CC(C)C[C@H](NC(=O)[C@@H](N)Cc1ccccc1)C(=O)N1CCC[C@H]1C(=O)N[C@@H](CCCN=C(N)N)C(=O)O. The predicted molar refractivity (Wildman–Crippen MR) is 144 cm³/mol. The maximum Gasteiger partial charge on any atom is 0.326 e. The van der Waals surface area contributed by atoms with Gasteiger partial charge in [-0.25, -0.2) is 4.79 Å². The second kappa shape index (κ2) is 14.9. The van der Waals surface area contributed by atoms with Gasteiger partial charge in [0.25, 0.3) is 0 Å². The molecule has 0 unspecified atom stereocenters. The van der Waals surface area contributed by atoms with E-state index in [1.54, 1.807) is 0 Å². The van der Waals surface area contributed by atoms with E-state index >= 15 is 0 Å². The molecule has 0 aliphatic carbocycles. The van der Waals surface area contributed by atoms with Crippen molar-refractivity contribution in [2.45, 2.75) is 76.5 Å². The third-order valence-electron chi connectivity index (χ3n) is 6.36. The highest BCUT2D eigenvalue weighted by Crippen LogP contribution is 2.21. The molecule has 1 aromatic rings. The van der Waals surface area contributed by atoms with Crippen LogP contribution in [0.4, 0.5) is 0 Å². The Morgan fingerprint density at radius 3 is 2.39 bits per heavy atom. The average Bonchev–Trinajstić information content (AvgIpc) is 3.35. The highest BCUT2D eigenvalue weighted by Gasteiger charge is 2.39. The summed E-state index contributed by atoms with van der Waals surface area (Å²) in [4.78, 5) is 56.4. The van der Waals surface area contributed by atoms with Crippen LogP contribution in [0.3, 0.4) is 0 Å². The van der Waals surface area contributed by atoms with Crippen LogP contribution in [0.25, 0.3) is 0 Å². The van der Waals surface area contributed by atoms with Gasteiger partial charge in [-0.15, -0.1) is 0 Å². The van der Waals surface area contributed by atoms with Gasteiger partial charge in [0, 0.05) is 13.1 Å². The fourth-order valence-electron chi connectivity index (χ4n) is 4.46. The summed E-state index contributed by atoms with van der Waals surface area (Å²) in [7, 11) is 0. The number of guanidine groups is 1. The van der Waals surface area contributed by atoms with E-state index in [2.05, 4.69) is 15.6 Å². The summed E-state index contributed by atoms with van der Waals surface area (Å²) < 4.78 is 0. The van der Waals surface area contributed by atoms with Gasteiger partial charge >= 0.3 is 5.97 Å². The Morgan fingerprint density at radius 2 is 1.79 bits per heavy atom. The van der Waals surface area contributed by atoms with Crippen LogP contribution in [0.15, 0.2) is 35.3 Å². The van der Waals surface area contributed by atoms with Crippen LogP contribution >= 0.6 is 0 Å². The number of likely N-dealkylation sites (tertiary alicyclic amines) is 1. The molecule has 12 nitrogen and oxygen atoms in total. The fourth-order valence-corrected chi connectivity index (χ4v) is 4.46. The molecule has 0 radical (unpaired) electrons. The smallest absolute Gasteiger partial charge is 0.326 e. The van der Waals surface area contributed by atoms with E-state index in [4.69, 9.17) is 17.2 Å². The molecular formula is C26H41N7O5. The number of benzene rings is 1. The van der Waals surface area contributed by atoms with Gasteiger partial charge in [-0.05, 0) is 50.0 Å². The van der Waals surface area contributed by atoms with E-state index in [-0.39, 0.29) is 30.8 Å². The molecule has 1 aromatic carbocycles. The number of aliphatic carboxylic acids is 1. The lowest BCUT2D eigenvalue weighted by atomic mass is 10.0. The van der Waals surface area contributed by atoms with Crippen LogP contribution in [-0.4, -0.2) is 76.9 Å². The summed E-state index contributed by atoms with van der Waals surface area (Å²) in [5, 5.41) is 14.9. The molecule has 9 N–H and O–H groups in total. The monoisotopic (exact) mass is 531 g/mol. The number of nitrogens with zero attached hydrogens (tertiary/aromatic N) is 2. The molecule has 4 atom stereocenters. The van der Waals surface area contributed by atoms with Crippen LogP contribution in [0, 0.1) is 5.92 Å². The van der Waals surface area contributed by atoms with Crippen molar-refractivity contribution in [3.05, 3.63) is 35.9 Å². The van der Waals surface area contributed by atoms with Gasteiger partial charge < -0.3 is 37.8 Å². The minimum absolute atomic E-state index is 0.0890. The summed E-state index contributed by atoms with van der Waals surface area (Å²) in [5.41, 5.74) is 17.6. The number of nitrogens with two attached hydrogens (primary N) is 3. The third kappa shape index (κ3) is 9.66. The van der Waals surface area contributed by atoms with E-state index < -0.39 is 42.0 Å². The molecular weight excluding hydrogens is 490 g/mol. The van der Waals surface area contributed by atoms with E-state index in [1.165, 1.54) is 4.90 Å². The number of aliphatic imine (C=N–C) groups is 1. The third-order valence-corrected chi connectivity index (χ3v) is 6.36. The van der Waals surface area contributed by atoms with Crippen molar-refractivity contribution in [3.8, 4) is 0 Å². The zero-order chi connectivity index (χ0) is 28.2. The van der Waals surface area contributed by atoms with Crippen molar-refractivity contribution in [3.63, 3.8) is 0 Å². The highest BCUT2D eigenvalue weighted by atomic mass is 16.4. The Hall–Kier alpha value is -3.67. The van der Waals surface area contributed by atoms with Gasteiger partial charge in [0.1, 0.15) is 18.1 Å². The molecule has 2 rings (SSSR count). The zero-order valence-electron chi connectivity index (χ0n) is 22.1. The van der Waals surface area contributed by atoms with Crippen LogP contribution in [-0.2, 0) is 25.6 Å². The number of carboxylic acid groups (broad SMARTS) is 1. The van der Waals surface area contributed by atoms with Gasteiger partial charge in [0.15, 0.2) is 5.96 Å². The summed E-state index contributed by atoms with van der Waals surface area (Å²) in [5.74, 6) is -2.55. The Bertz CT molecular complexity index is 981. The largest absolute Gasteiger partial charge is 0.480 e. The van der Waals surface area contributed by atoms with E-state index in [9.17, 15) is 24.3 Å². The first-order valence-corrected chi connectivity index (χ1v) is 13.0. The second-order valence-corrected chi connectivity index (χ2v) is 10.0. The normalized spacial score (nSPS) is 17.4. The molecule has 1 heterocycles. The van der Waals surface area contributed by atoms with Gasteiger partial charge in [-0.3, -0.25) is 19.4 Å². The number of carboxylic acids is 1. The molecule has 0 aromatic heterocycles. The number of amides is 3. The first-order chi connectivity index (χ1) is 18.0. The Morgan fingerprint density at radius 1 is 1.11 bits per heavy atom. The van der Waals surface area contributed by atoms with Gasteiger partial charge in [0.2, 0.25) is 17.7 Å². The first-order valence-electron chi connectivity index (χ1n) is 13.0. The summed E-state index contributed by atoms with van der Waals surface area (Å²) in [6.45, 7) is 4.44. The summed E-state index contributed by atoms with van der Waals surface area (Å²) in [6.07, 6.45) is 2.16. The molecule has 12 heteroatoms. The van der Waals surface area contributed by atoms with Crippen LogP contribution in [0.2, 0.25) is 0 Å². The van der Waals surface area contributed by atoms with Crippen molar-refractivity contribution in [2.24, 2.45) is 28.1 Å². The number of nitrogens with one attached hydrogen (secondary N) is 2. The molecule has 3 amide bonds. The Labute approximate surface area is 223 Å². The van der Waals surface area contributed by atoms with Crippen LogP contribution in [0.5, 0.6) is 0 Å². The molecule has 1 aliphatic heterocycles. The van der Waals surface area contributed by atoms with Crippen molar-refractivity contribution in [1.82, 2.24) is 15.5 Å². The molecule has 0 saturated carbocycles. The lowest BCUT2D eigenvalue weighted by molar-refractivity contribution is -0.145. The highest BCUT2D eigenvalue weighted by molar-refractivity contribution is 5.94. The molecule has 210 valence electrons. The predicted octanol–water partition coefficient (Wildman–Crippen LogP) is -0.299. The summed E-state index contributed by atoms with van der Waals surface area (Å²) in [6, 6.07) is 5.69. The minimum atomic E-state index is -1.18. The molecule has 0 bridgehead atoms. The van der Waals surface area contributed by atoms with Gasteiger partial charge in [-0.2, -0.15) is 0 Å². The lowest BCUT2D eigenvalue weighted by Gasteiger charge is -2.30. The number of hydrogen-bond acceptors (Lipinski definition) is 6. The first kappa shape index (κ1) is 30.6. The van der Waals surface area contributed by atoms with Crippen molar-refractivity contribution < 1.29 is 24.3 Å². The molecule has 1 fully saturated rings. The number of carbonyl (C=O) groups excluding carboxylic acids is 3. The zero-order valence-corrected chi connectivity index (χ0v) is 22.1. The van der Waals surface area contributed by atoms with E-state index in [0.717, 1.165) is 5.56 Å². The number of carbonyl (C=O) groups is 4. The number of hydrogen-bond donors (Lipinski definition) is 6. The topological polar surface area (TPSA) is 206 Å². The lowest BCUT2D eigenvalue weighted by Crippen LogP contribution is -2.57. The molecule has 38 heavy (non-hydrogen) atoms. The Kier molecular flexibility index (Phi) is 12.0. The summed E-state index contributed by atoms with van der Waals surface area (Å²) >= 11 is 0. The maximum atomic E-state index is 13.5.